The molecule has 4 rings (SSSR count). The number of carbonyl (C=O) groups is 1. The van der Waals surface area contributed by atoms with E-state index in [0.717, 1.165) is 12.1 Å². The Bertz CT molecular complexity index is 880. The summed E-state index contributed by atoms with van der Waals surface area (Å²) in [6.07, 6.45) is 2.59. The molecule has 3 aliphatic rings. The van der Waals surface area contributed by atoms with E-state index in [1.165, 1.54) is 5.56 Å². The van der Waals surface area contributed by atoms with Gasteiger partial charge in [-0.1, -0.05) is 18.2 Å². The van der Waals surface area contributed by atoms with Crippen molar-refractivity contribution in [3.8, 4) is 11.6 Å². The maximum atomic E-state index is 12.6. The van der Waals surface area contributed by atoms with Crippen molar-refractivity contribution in [3.05, 3.63) is 58.7 Å². The van der Waals surface area contributed by atoms with Crippen LogP contribution in [0, 0.1) is 0 Å². The van der Waals surface area contributed by atoms with Crippen LogP contribution in [-0.2, 0) is 17.8 Å². The third-order valence-corrected chi connectivity index (χ3v) is 3.89. The van der Waals surface area contributed by atoms with Crippen LogP contribution in [0.4, 0.5) is 5.69 Å². The number of anilines is 1. The molecule has 0 radical (unpaired) electrons. The number of para-hydroxylation sites is 1. The van der Waals surface area contributed by atoms with Crippen LogP contribution in [0.3, 0.4) is 0 Å². The van der Waals surface area contributed by atoms with E-state index in [9.17, 15) is 9.59 Å². The lowest BCUT2D eigenvalue weighted by Gasteiger charge is -2.18. The first-order valence-corrected chi connectivity index (χ1v) is 7.06. The van der Waals surface area contributed by atoms with Gasteiger partial charge in [0.05, 0.1) is 0 Å². The molecule has 0 bridgehead atoms. The van der Waals surface area contributed by atoms with Crippen LogP contribution in [-0.4, -0.2) is 22.0 Å². The molecule has 6 nitrogen and oxygen atoms in total. The second-order valence-corrected chi connectivity index (χ2v) is 5.23. The van der Waals surface area contributed by atoms with E-state index >= 15 is 0 Å². The minimum atomic E-state index is -0.645. The minimum absolute atomic E-state index is 0.0297. The Morgan fingerprint density at radius 2 is 2.09 bits per heavy atom. The summed E-state index contributed by atoms with van der Waals surface area (Å²) in [6, 6.07) is 11.3. The minimum Gasteiger partial charge on any atom is -0.405 e. The number of oxazole rings is 1. The van der Waals surface area contributed by atoms with Crippen molar-refractivity contribution in [1.29, 1.82) is 0 Å². The number of hydrogen-bond donors (Lipinski definition) is 0. The number of hydrogen-bond acceptors (Lipinski definition) is 4. The highest BCUT2D eigenvalue weighted by atomic mass is 16.4. The third-order valence-electron chi connectivity index (χ3n) is 3.89. The van der Waals surface area contributed by atoms with Crippen LogP contribution in [0.25, 0.3) is 11.6 Å². The Kier molecular flexibility index (Phi) is 2.82. The van der Waals surface area contributed by atoms with Gasteiger partial charge in [-0.05, 0) is 30.2 Å². The average Bonchev–Trinajstić information content (AvgIpc) is 3.10. The molecule has 0 atom stereocenters. The largest absolute Gasteiger partial charge is 0.441 e. The number of pyridine rings is 1. The van der Waals surface area contributed by atoms with Gasteiger partial charge in [-0.25, -0.2) is 4.79 Å². The van der Waals surface area contributed by atoms with Crippen molar-refractivity contribution < 1.29 is 9.21 Å². The second kappa shape index (κ2) is 4.84. The molecule has 1 amide bonds. The van der Waals surface area contributed by atoms with E-state index in [-0.39, 0.29) is 12.5 Å². The lowest BCUT2D eigenvalue weighted by atomic mass is 10.2. The number of aromatic nitrogens is 2. The van der Waals surface area contributed by atoms with Crippen molar-refractivity contribution in [1.82, 2.24) is 9.55 Å². The fourth-order valence-electron chi connectivity index (χ4n) is 2.88. The third kappa shape index (κ3) is 2.00. The zero-order valence-electron chi connectivity index (χ0n) is 11.7. The van der Waals surface area contributed by atoms with Gasteiger partial charge in [0.1, 0.15) is 6.54 Å². The summed E-state index contributed by atoms with van der Waals surface area (Å²) in [5.74, 6) is 0.113. The maximum absolute atomic E-state index is 12.6. The normalized spacial score (nSPS) is 13.5. The van der Waals surface area contributed by atoms with Gasteiger partial charge in [0, 0.05) is 18.4 Å². The van der Waals surface area contributed by atoms with Crippen LogP contribution in [0.15, 0.2) is 51.8 Å². The van der Waals surface area contributed by atoms with Crippen LogP contribution in [0.2, 0.25) is 0 Å². The SMILES string of the molecule is O=C(Cn1cccc2oc(=O)nc1-2)N1CCc2ccccc21. The maximum Gasteiger partial charge on any atom is 0.441 e. The van der Waals surface area contributed by atoms with Crippen molar-refractivity contribution >= 4 is 11.6 Å². The van der Waals surface area contributed by atoms with Gasteiger partial charge in [-0.2, -0.15) is 4.98 Å². The highest BCUT2D eigenvalue weighted by Crippen LogP contribution is 2.28. The molecule has 0 spiro atoms. The van der Waals surface area contributed by atoms with Gasteiger partial charge in [0.2, 0.25) is 5.91 Å². The highest BCUT2D eigenvalue weighted by Gasteiger charge is 2.25. The lowest BCUT2D eigenvalue weighted by Crippen LogP contribution is -2.32. The van der Waals surface area contributed by atoms with E-state index in [1.54, 1.807) is 27.8 Å². The Labute approximate surface area is 126 Å². The zero-order chi connectivity index (χ0) is 15.1. The number of carbonyl (C=O) groups excluding carboxylic acids is 1. The molecule has 0 saturated carbocycles. The summed E-state index contributed by atoms with van der Waals surface area (Å²) in [5, 5.41) is 0. The number of nitrogens with zero attached hydrogens (tertiary/aromatic N) is 3. The van der Waals surface area contributed by atoms with Gasteiger partial charge in [-0.15, -0.1) is 0 Å². The van der Waals surface area contributed by atoms with E-state index in [1.807, 2.05) is 24.3 Å². The highest BCUT2D eigenvalue weighted by molar-refractivity contribution is 5.95. The summed E-state index contributed by atoms with van der Waals surface area (Å²) < 4.78 is 6.60. The predicted molar refractivity (Wildman–Crippen MR) is 79.9 cm³/mol. The summed E-state index contributed by atoms with van der Waals surface area (Å²) in [7, 11) is 0. The molecular formula is C16H13N3O3. The molecule has 0 aliphatic carbocycles. The molecule has 0 aromatic heterocycles. The van der Waals surface area contributed by atoms with E-state index in [0.29, 0.717) is 18.1 Å². The van der Waals surface area contributed by atoms with Crippen LogP contribution in [0.1, 0.15) is 5.56 Å². The second-order valence-electron chi connectivity index (χ2n) is 5.23. The molecule has 3 aliphatic heterocycles. The van der Waals surface area contributed by atoms with Crippen LogP contribution >= 0.6 is 0 Å². The Hall–Kier alpha value is -2.89. The number of amides is 1. The van der Waals surface area contributed by atoms with Crippen molar-refractivity contribution in [3.63, 3.8) is 0 Å². The fraction of sp³-hybridized carbons (Fsp3) is 0.188. The summed E-state index contributed by atoms with van der Waals surface area (Å²) in [6.45, 7) is 0.804. The van der Waals surface area contributed by atoms with Crippen molar-refractivity contribution in [2.45, 2.75) is 13.0 Å². The van der Waals surface area contributed by atoms with Crippen LogP contribution in [0.5, 0.6) is 0 Å². The number of benzene rings is 1. The van der Waals surface area contributed by atoms with Crippen LogP contribution < -0.4 is 10.7 Å². The quantitative estimate of drug-likeness (QED) is 0.719. The topological polar surface area (TPSA) is 68.3 Å². The monoisotopic (exact) mass is 295 g/mol. The van der Waals surface area contributed by atoms with E-state index in [2.05, 4.69) is 4.98 Å². The van der Waals surface area contributed by atoms with Gasteiger partial charge < -0.3 is 13.9 Å². The molecule has 3 heterocycles. The van der Waals surface area contributed by atoms with Crippen molar-refractivity contribution in [2.24, 2.45) is 0 Å². The van der Waals surface area contributed by atoms with Gasteiger partial charge in [0.15, 0.2) is 11.6 Å². The number of rotatable bonds is 2. The van der Waals surface area contributed by atoms with Gasteiger partial charge >= 0.3 is 5.76 Å². The van der Waals surface area contributed by atoms with E-state index in [4.69, 9.17) is 4.42 Å². The van der Waals surface area contributed by atoms with Gasteiger partial charge in [0.25, 0.3) is 0 Å². The number of fused-ring (bicyclic) bond motifs is 2. The zero-order valence-corrected chi connectivity index (χ0v) is 11.7. The van der Waals surface area contributed by atoms with Crippen molar-refractivity contribution in [2.75, 3.05) is 11.4 Å². The summed E-state index contributed by atoms with van der Waals surface area (Å²) >= 11 is 0. The molecule has 0 fully saturated rings. The summed E-state index contributed by atoms with van der Waals surface area (Å²) in [5.41, 5.74) is 2.15. The van der Waals surface area contributed by atoms with Gasteiger partial charge in [-0.3, -0.25) is 4.79 Å². The molecule has 1 aromatic rings. The average molecular weight is 295 g/mol. The Balaban J connectivity index is 1.64. The molecule has 6 heteroatoms. The molecule has 0 unspecified atom stereocenters. The Morgan fingerprint density at radius 1 is 1.23 bits per heavy atom. The molecule has 0 saturated heterocycles. The molecule has 110 valence electrons. The first-order valence-electron chi connectivity index (χ1n) is 7.06. The molecule has 1 aromatic carbocycles. The predicted octanol–water partition coefficient (Wildman–Crippen LogP) is 1.53. The first kappa shape index (κ1) is 12.8. The standard InChI is InChI=1S/C16H13N3O3/c20-14(19-9-7-11-4-1-2-5-12(11)19)10-18-8-3-6-13-15(18)17-16(21)22-13/h1-6,8H,7,9-10H2. The fourth-order valence-corrected chi connectivity index (χ4v) is 2.88. The first-order chi connectivity index (χ1) is 10.7. The molecular weight excluding hydrogens is 282 g/mol. The molecule has 22 heavy (non-hydrogen) atoms. The Morgan fingerprint density at radius 3 is 3.00 bits per heavy atom. The van der Waals surface area contributed by atoms with E-state index < -0.39 is 5.76 Å². The smallest absolute Gasteiger partial charge is 0.405 e. The molecule has 0 N–H and O–H groups in total. The lowest BCUT2D eigenvalue weighted by molar-refractivity contribution is -0.119. The summed E-state index contributed by atoms with van der Waals surface area (Å²) in [4.78, 5) is 29.4.